The minimum Gasteiger partial charge on any atom is -0.358 e. The van der Waals surface area contributed by atoms with Gasteiger partial charge in [-0.15, -0.1) is 0 Å². The summed E-state index contributed by atoms with van der Waals surface area (Å²) in [5.41, 5.74) is 6.18. The summed E-state index contributed by atoms with van der Waals surface area (Å²) in [6.07, 6.45) is 2.52. The van der Waals surface area contributed by atoms with Crippen LogP contribution in [0, 0.1) is 19.7 Å². The van der Waals surface area contributed by atoms with E-state index in [0.717, 1.165) is 40.0 Å². The van der Waals surface area contributed by atoms with Crippen LogP contribution in [0.5, 0.6) is 0 Å². The number of rotatable bonds is 6. The maximum atomic E-state index is 13.9. The van der Waals surface area contributed by atoms with E-state index in [1.807, 2.05) is 37.3 Å². The van der Waals surface area contributed by atoms with Gasteiger partial charge in [0.05, 0.1) is 12.2 Å². The number of nitrogens with zero attached hydrogens (tertiary/aromatic N) is 2. The fourth-order valence-electron chi connectivity index (χ4n) is 3.79. The predicted octanol–water partition coefficient (Wildman–Crippen LogP) is 5.76. The molecule has 0 aliphatic carbocycles. The highest BCUT2D eigenvalue weighted by atomic mass is 32.1. The SMILES string of the molecule is Cc1cccc(NC(=S)N(CCc2c(C)[nH]c3ccc(F)cc23)Cc2ccccn2)c1. The predicted molar refractivity (Wildman–Crippen MR) is 129 cm³/mol. The Morgan fingerprint density at radius 3 is 2.74 bits per heavy atom. The summed E-state index contributed by atoms with van der Waals surface area (Å²) in [5.74, 6) is -0.227. The zero-order valence-corrected chi connectivity index (χ0v) is 18.5. The first-order valence-corrected chi connectivity index (χ1v) is 10.7. The van der Waals surface area contributed by atoms with Crippen molar-refractivity contribution in [3.05, 3.63) is 95.2 Å². The molecule has 6 heteroatoms. The number of nitrogens with one attached hydrogen (secondary N) is 2. The highest BCUT2D eigenvalue weighted by Crippen LogP contribution is 2.24. The Labute approximate surface area is 187 Å². The second-order valence-corrected chi connectivity index (χ2v) is 8.10. The van der Waals surface area contributed by atoms with Crippen LogP contribution in [0.4, 0.5) is 10.1 Å². The molecule has 0 atom stereocenters. The standard InChI is InChI=1S/C25H25FN4S/c1-17-6-5-8-20(14-17)29-25(31)30(16-21-7-3-4-12-27-21)13-11-22-18(2)28-24-10-9-19(26)15-23(22)24/h3-10,12,14-15,28H,11,13,16H2,1-2H3,(H,29,31). The van der Waals surface area contributed by atoms with Crippen LogP contribution in [0.3, 0.4) is 0 Å². The quantitative estimate of drug-likeness (QED) is 0.380. The molecule has 4 nitrogen and oxygen atoms in total. The summed E-state index contributed by atoms with van der Waals surface area (Å²) in [6.45, 7) is 5.35. The zero-order chi connectivity index (χ0) is 21.8. The molecule has 0 bridgehead atoms. The second-order valence-electron chi connectivity index (χ2n) is 7.71. The van der Waals surface area contributed by atoms with E-state index in [1.165, 1.54) is 11.6 Å². The summed E-state index contributed by atoms with van der Waals surface area (Å²) in [5, 5.41) is 4.92. The van der Waals surface area contributed by atoms with Crippen LogP contribution >= 0.6 is 12.2 Å². The minimum absolute atomic E-state index is 0.227. The minimum atomic E-state index is -0.227. The van der Waals surface area contributed by atoms with Crippen molar-refractivity contribution in [3.8, 4) is 0 Å². The molecule has 2 heterocycles. The first-order valence-electron chi connectivity index (χ1n) is 10.3. The van der Waals surface area contributed by atoms with Crippen molar-refractivity contribution < 1.29 is 4.39 Å². The molecule has 0 saturated carbocycles. The number of thiocarbonyl (C=S) groups is 1. The lowest BCUT2D eigenvalue weighted by atomic mass is 10.1. The Morgan fingerprint density at radius 2 is 1.97 bits per heavy atom. The van der Waals surface area contributed by atoms with Gasteiger partial charge in [0, 0.05) is 35.0 Å². The van der Waals surface area contributed by atoms with Crippen LogP contribution in [0.2, 0.25) is 0 Å². The molecule has 0 fully saturated rings. The third kappa shape index (κ3) is 5.09. The summed E-state index contributed by atoms with van der Waals surface area (Å²) < 4.78 is 13.9. The number of fused-ring (bicyclic) bond motifs is 1. The van der Waals surface area contributed by atoms with Crippen LogP contribution in [-0.4, -0.2) is 26.5 Å². The Hall–Kier alpha value is -3.25. The summed E-state index contributed by atoms with van der Waals surface area (Å²) in [4.78, 5) is 9.93. The van der Waals surface area contributed by atoms with E-state index in [9.17, 15) is 4.39 Å². The molecule has 0 unspecified atom stereocenters. The maximum Gasteiger partial charge on any atom is 0.173 e. The first-order chi connectivity index (χ1) is 15.0. The molecule has 0 aliphatic heterocycles. The fraction of sp³-hybridized carbons (Fsp3) is 0.200. The van der Waals surface area contributed by atoms with Gasteiger partial charge in [0.15, 0.2) is 5.11 Å². The van der Waals surface area contributed by atoms with E-state index in [2.05, 4.69) is 39.2 Å². The molecule has 0 aliphatic rings. The van der Waals surface area contributed by atoms with Gasteiger partial charge in [-0.1, -0.05) is 18.2 Å². The van der Waals surface area contributed by atoms with Gasteiger partial charge in [0.25, 0.3) is 0 Å². The number of aromatic amines is 1. The molecule has 0 amide bonds. The molecule has 0 radical (unpaired) electrons. The van der Waals surface area contributed by atoms with Crippen molar-refractivity contribution in [2.24, 2.45) is 0 Å². The average Bonchev–Trinajstić information content (AvgIpc) is 3.06. The van der Waals surface area contributed by atoms with Gasteiger partial charge in [0.1, 0.15) is 5.82 Å². The van der Waals surface area contributed by atoms with Crippen LogP contribution in [-0.2, 0) is 13.0 Å². The number of aromatic nitrogens is 2. The Morgan fingerprint density at radius 1 is 1.10 bits per heavy atom. The molecule has 4 rings (SSSR count). The highest BCUT2D eigenvalue weighted by Gasteiger charge is 2.15. The molecule has 2 aromatic heterocycles. The van der Waals surface area contributed by atoms with E-state index < -0.39 is 0 Å². The van der Waals surface area contributed by atoms with Gasteiger partial charge in [-0.2, -0.15) is 0 Å². The van der Waals surface area contributed by atoms with E-state index >= 15 is 0 Å². The number of hydrogen-bond acceptors (Lipinski definition) is 2. The summed E-state index contributed by atoms with van der Waals surface area (Å²) >= 11 is 5.76. The largest absolute Gasteiger partial charge is 0.358 e. The topological polar surface area (TPSA) is 44.0 Å². The number of hydrogen-bond donors (Lipinski definition) is 2. The van der Waals surface area contributed by atoms with Gasteiger partial charge in [0.2, 0.25) is 0 Å². The third-order valence-electron chi connectivity index (χ3n) is 5.35. The Kier molecular flexibility index (Phi) is 6.28. The first kappa shape index (κ1) is 21.0. The highest BCUT2D eigenvalue weighted by molar-refractivity contribution is 7.80. The van der Waals surface area contributed by atoms with E-state index in [0.29, 0.717) is 18.2 Å². The number of aryl methyl sites for hydroxylation is 2. The molecule has 0 saturated heterocycles. The fourth-order valence-corrected chi connectivity index (χ4v) is 4.06. The van der Waals surface area contributed by atoms with Crippen molar-refractivity contribution in [2.45, 2.75) is 26.8 Å². The third-order valence-corrected chi connectivity index (χ3v) is 5.71. The van der Waals surface area contributed by atoms with Crippen molar-refractivity contribution in [2.75, 3.05) is 11.9 Å². The lowest BCUT2D eigenvalue weighted by Crippen LogP contribution is -2.36. The molecule has 0 spiro atoms. The molecular weight excluding hydrogens is 407 g/mol. The monoisotopic (exact) mass is 432 g/mol. The Bertz CT molecular complexity index is 1200. The molecule has 158 valence electrons. The van der Waals surface area contributed by atoms with Crippen LogP contribution < -0.4 is 5.32 Å². The van der Waals surface area contributed by atoms with Gasteiger partial charge in [-0.25, -0.2) is 4.39 Å². The van der Waals surface area contributed by atoms with Gasteiger partial charge in [-0.3, -0.25) is 4.98 Å². The molecule has 4 aromatic rings. The maximum absolute atomic E-state index is 13.9. The van der Waals surface area contributed by atoms with Gasteiger partial charge in [-0.05, 0) is 86.1 Å². The molecule has 2 N–H and O–H groups in total. The van der Waals surface area contributed by atoms with Crippen molar-refractivity contribution in [3.63, 3.8) is 0 Å². The molecular formula is C25H25FN4S. The van der Waals surface area contributed by atoms with Crippen LogP contribution in [0.15, 0.2) is 66.9 Å². The van der Waals surface area contributed by atoms with E-state index in [-0.39, 0.29) is 5.82 Å². The lowest BCUT2D eigenvalue weighted by molar-refractivity contribution is 0.417. The Balaban J connectivity index is 1.56. The van der Waals surface area contributed by atoms with E-state index in [4.69, 9.17) is 12.2 Å². The summed E-state index contributed by atoms with van der Waals surface area (Å²) in [6, 6.07) is 18.9. The number of benzene rings is 2. The normalized spacial score (nSPS) is 10.9. The zero-order valence-electron chi connectivity index (χ0n) is 17.7. The molecule has 2 aromatic carbocycles. The number of H-pyrrole nitrogens is 1. The number of halogens is 1. The van der Waals surface area contributed by atoms with Gasteiger partial charge >= 0.3 is 0 Å². The smallest absolute Gasteiger partial charge is 0.173 e. The number of anilines is 1. The molecule has 31 heavy (non-hydrogen) atoms. The lowest BCUT2D eigenvalue weighted by Gasteiger charge is -2.26. The second kappa shape index (κ2) is 9.27. The van der Waals surface area contributed by atoms with Crippen molar-refractivity contribution >= 4 is 33.9 Å². The van der Waals surface area contributed by atoms with Crippen molar-refractivity contribution in [1.82, 2.24) is 14.9 Å². The summed E-state index contributed by atoms with van der Waals surface area (Å²) in [7, 11) is 0. The van der Waals surface area contributed by atoms with E-state index in [1.54, 1.807) is 18.3 Å². The van der Waals surface area contributed by atoms with Crippen molar-refractivity contribution in [1.29, 1.82) is 0 Å². The van der Waals surface area contributed by atoms with Gasteiger partial charge < -0.3 is 15.2 Å². The average molecular weight is 433 g/mol. The van der Waals surface area contributed by atoms with Crippen LogP contribution in [0.25, 0.3) is 10.9 Å². The number of pyridine rings is 1. The van der Waals surface area contributed by atoms with Crippen LogP contribution in [0.1, 0.15) is 22.5 Å².